The van der Waals surface area contributed by atoms with E-state index in [4.69, 9.17) is 4.74 Å². The van der Waals surface area contributed by atoms with Crippen molar-refractivity contribution in [3.05, 3.63) is 35.4 Å². The largest absolute Gasteiger partial charge is 0.384 e. The van der Waals surface area contributed by atoms with Gasteiger partial charge in [-0.05, 0) is 38.1 Å². The van der Waals surface area contributed by atoms with Gasteiger partial charge in [-0.2, -0.15) is 0 Å². The number of benzene rings is 1. The van der Waals surface area contributed by atoms with E-state index in [2.05, 4.69) is 10.6 Å². The Morgan fingerprint density at radius 2 is 1.75 bits per heavy atom. The lowest BCUT2D eigenvalue weighted by molar-refractivity contribution is 0.0511. The van der Waals surface area contributed by atoms with E-state index in [1.807, 2.05) is 6.92 Å². The third-order valence-corrected chi connectivity index (χ3v) is 4.53. The van der Waals surface area contributed by atoms with Crippen LogP contribution in [-0.4, -0.2) is 45.0 Å². The average Bonchev–Trinajstić information content (AvgIpc) is 2.60. The third-order valence-electron chi connectivity index (χ3n) is 4.53. The Morgan fingerprint density at radius 3 is 2.29 bits per heavy atom. The number of ether oxygens (including phenoxy) is 1. The summed E-state index contributed by atoms with van der Waals surface area (Å²) in [4.78, 5) is 24.0. The number of carbonyl (C=O) groups excluding carboxylic acids is 2. The summed E-state index contributed by atoms with van der Waals surface area (Å²) in [5.41, 5.74) is 1.24. The number of rotatable bonds is 7. The predicted molar refractivity (Wildman–Crippen MR) is 97.1 cm³/mol. The van der Waals surface area contributed by atoms with Gasteiger partial charge in [-0.15, -0.1) is 12.4 Å². The van der Waals surface area contributed by atoms with Gasteiger partial charge in [-0.25, -0.2) is 0 Å². The van der Waals surface area contributed by atoms with Crippen LogP contribution in [0.2, 0.25) is 0 Å². The minimum absolute atomic E-state index is 0. The molecule has 0 spiro atoms. The third kappa shape index (κ3) is 5.30. The second-order valence-corrected chi connectivity index (χ2v) is 6.22. The summed E-state index contributed by atoms with van der Waals surface area (Å²) in [6, 6.07) is 6.86. The molecule has 0 saturated carbocycles. The van der Waals surface area contributed by atoms with Gasteiger partial charge in [-0.3, -0.25) is 9.59 Å². The number of hydrogen-bond acceptors (Lipinski definition) is 4. The highest BCUT2D eigenvalue weighted by Gasteiger charge is 2.32. The first kappa shape index (κ1) is 20.6. The van der Waals surface area contributed by atoms with Gasteiger partial charge in [0, 0.05) is 36.6 Å². The Bertz CT molecular complexity index is 534. The van der Waals surface area contributed by atoms with Crippen molar-refractivity contribution in [2.75, 3.05) is 33.4 Å². The summed E-state index contributed by atoms with van der Waals surface area (Å²) in [6.45, 7) is 4.99. The van der Waals surface area contributed by atoms with Crippen LogP contribution in [0.5, 0.6) is 0 Å². The van der Waals surface area contributed by atoms with Crippen molar-refractivity contribution >= 4 is 24.1 Å². The Morgan fingerprint density at radius 1 is 1.17 bits per heavy atom. The molecule has 1 heterocycles. The van der Waals surface area contributed by atoms with E-state index in [1.54, 1.807) is 31.4 Å². The average molecular weight is 355 g/mol. The normalized spacial score (nSPS) is 16.1. The Balaban J connectivity index is 0.00000288. The van der Waals surface area contributed by atoms with Crippen molar-refractivity contribution in [1.29, 1.82) is 0 Å². The van der Waals surface area contributed by atoms with Gasteiger partial charge in [0.15, 0.2) is 5.78 Å². The number of hydrogen-bond donors (Lipinski definition) is 2. The Kier molecular flexibility index (Phi) is 8.39. The lowest BCUT2D eigenvalue weighted by atomic mass is 9.79. The predicted octanol–water partition coefficient (Wildman–Crippen LogP) is 2.45. The maximum absolute atomic E-state index is 12.3. The molecule has 1 fully saturated rings. The van der Waals surface area contributed by atoms with Crippen LogP contribution in [0.1, 0.15) is 46.9 Å². The van der Waals surface area contributed by atoms with Gasteiger partial charge >= 0.3 is 0 Å². The molecule has 1 amide bonds. The van der Waals surface area contributed by atoms with Gasteiger partial charge in [0.1, 0.15) is 0 Å². The minimum Gasteiger partial charge on any atom is -0.384 e. The van der Waals surface area contributed by atoms with Crippen molar-refractivity contribution in [1.82, 2.24) is 10.6 Å². The highest BCUT2D eigenvalue weighted by Crippen LogP contribution is 2.28. The fraction of sp³-hybridized carbons (Fsp3) is 0.556. The van der Waals surface area contributed by atoms with Crippen LogP contribution in [-0.2, 0) is 4.74 Å². The molecule has 0 radical (unpaired) electrons. The van der Waals surface area contributed by atoms with Gasteiger partial charge in [0.25, 0.3) is 5.91 Å². The first-order valence-corrected chi connectivity index (χ1v) is 8.21. The van der Waals surface area contributed by atoms with Crippen LogP contribution in [0.3, 0.4) is 0 Å². The van der Waals surface area contributed by atoms with E-state index >= 15 is 0 Å². The molecule has 1 saturated heterocycles. The first-order valence-electron chi connectivity index (χ1n) is 8.21. The topological polar surface area (TPSA) is 67.4 Å². The number of nitrogens with one attached hydrogen (secondary N) is 2. The Labute approximate surface area is 149 Å². The number of methoxy groups -OCH3 is 1. The molecular formula is C18H27ClN2O3. The molecule has 0 aromatic heterocycles. The number of piperidine rings is 1. The SMILES string of the molecule is CCC(=O)c1ccc(C(=O)NCC2(COC)CCNCC2)cc1.Cl. The fourth-order valence-corrected chi connectivity index (χ4v) is 3.02. The summed E-state index contributed by atoms with van der Waals surface area (Å²) >= 11 is 0. The number of ketones is 1. The summed E-state index contributed by atoms with van der Waals surface area (Å²) < 4.78 is 5.36. The molecule has 1 aliphatic rings. The molecule has 0 bridgehead atoms. The fourth-order valence-electron chi connectivity index (χ4n) is 3.02. The van der Waals surface area contributed by atoms with Crippen molar-refractivity contribution in [2.24, 2.45) is 5.41 Å². The van der Waals surface area contributed by atoms with Crippen molar-refractivity contribution in [3.63, 3.8) is 0 Å². The molecule has 6 heteroatoms. The minimum atomic E-state index is -0.102. The van der Waals surface area contributed by atoms with E-state index in [0.717, 1.165) is 25.9 Å². The molecular weight excluding hydrogens is 328 g/mol. The summed E-state index contributed by atoms with van der Waals surface area (Å²) in [6.07, 6.45) is 2.45. The van der Waals surface area contributed by atoms with Crippen LogP contribution in [0.15, 0.2) is 24.3 Å². The number of Topliss-reactive ketones (excluding diaryl/α,β-unsaturated/α-hetero) is 1. The molecule has 0 unspecified atom stereocenters. The van der Waals surface area contributed by atoms with E-state index in [9.17, 15) is 9.59 Å². The van der Waals surface area contributed by atoms with Crippen molar-refractivity contribution in [2.45, 2.75) is 26.2 Å². The molecule has 24 heavy (non-hydrogen) atoms. The summed E-state index contributed by atoms with van der Waals surface area (Å²) in [7, 11) is 1.70. The molecule has 1 aliphatic heterocycles. The second-order valence-electron chi connectivity index (χ2n) is 6.22. The zero-order valence-electron chi connectivity index (χ0n) is 14.4. The van der Waals surface area contributed by atoms with Crippen LogP contribution in [0.25, 0.3) is 0 Å². The molecule has 0 atom stereocenters. The molecule has 134 valence electrons. The second kappa shape index (κ2) is 9.77. The lowest BCUT2D eigenvalue weighted by Gasteiger charge is -2.37. The zero-order valence-corrected chi connectivity index (χ0v) is 15.2. The van der Waals surface area contributed by atoms with Crippen LogP contribution in [0, 0.1) is 5.41 Å². The standard InChI is InChI=1S/C18H26N2O3.ClH/c1-3-16(21)14-4-6-15(7-5-14)17(22)20-12-18(13-23-2)8-10-19-11-9-18;/h4-7,19H,3,8-13H2,1-2H3,(H,20,22);1H. The van der Waals surface area contributed by atoms with Gasteiger partial charge in [0.2, 0.25) is 0 Å². The first-order chi connectivity index (χ1) is 11.1. The number of carbonyl (C=O) groups is 2. The molecule has 1 aromatic rings. The van der Waals surface area contributed by atoms with Crippen LogP contribution in [0.4, 0.5) is 0 Å². The quantitative estimate of drug-likeness (QED) is 0.738. The highest BCUT2D eigenvalue weighted by molar-refractivity contribution is 5.98. The molecule has 5 nitrogen and oxygen atoms in total. The van der Waals surface area contributed by atoms with Gasteiger partial charge in [0.05, 0.1) is 6.61 Å². The Hall–Kier alpha value is -1.43. The van der Waals surface area contributed by atoms with E-state index in [-0.39, 0.29) is 29.5 Å². The number of halogens is 1. The maximum Gasteiger partial charge on any atom is 0.251 e. The van der Waals surface area contributed by atoms with Crippen molar-refractivity contribution in [3.8, 4) is 0 Å². The molecule has 0 aliphatic carbocycles. The van der Waals surface area contributed by atoms with Crippen LogP contribution < -0.4 is 10.6 Å². The van der Waals surface area contributed by atoms with Gasteiger partial charge < -0.3 is 15.4 Å². The number of amides is 1. The van der Waals surface area contributed by atoms with E-state index in [1.165, 1.54) is 0 Å². The highest BCUT2D eigenvalue weighted by atomic mass is 35.5. The van der Waals surface area contributed by atoms with Crippen molar-refractivity contribution < 1.29 is 14.3 Å². The van der Waals surface area contributed by atoms with E-state index in [0.29, 0.717) is 30.7 Å². The molecule has 2 rings (SSSR count). The monoisotopic (exact) mass is 354 g/mol. The van der Waals surface area contributed by atoms with Gasteiger partial charge in [-0.1, -0.05) is 19.1 Å². The zero-order chi connectivity index (χ0) is 16.7. The van der Waals surface area contributed by atoms with Crippen LogP contribution >= 0.6 is 12.4 Å². The molecule has 2 N–H and O–H groups in total. The lowest BCUT2D eigenvalue weighted by Crippen LogP contribution is -2.47. The van der Waals surface area contributed by atoms with E-state index < -0.39 is 0 Å². The maximum atomic E-state index is 12.3. The molecule has 1 aromatic carbocycles. The summed E-state index contributed by atoms with van der Waals surface area (Å²) in [5, 5.41) is 6.36. The summed E-state index contributed by atoms with van der Waals surface area (Å²) in [5.74, 6) is -0.0137. The smallest absolute Gasteiger partial charge is 0.251 e.